The van der Waals surface area contributed by atoms with Crippen molar-refractivity contribution in [2.24, 2.45) is 0 Å². The summed E-state index contributed by atoms with van der Waals surface area (Å²) in [7, 11) is -1.43. The molecule has 2 aromatic rings. The van der Waals surface area contributed by atoms with Crippen molar-refractivity contribution in [3.8, 4) is 0 Å². The average Bonchev–Trinajstić information content (AvgIpc) is 2.86. The molecule has 0 bridgehead atoms. The van der Waals surface area contributed by atoms with Crippen LogP contribution in [0.15, 0.2) is 48.5 Å². The Labute approximate surface area is 230 Å². The monoisotopic (exact) mass is 587 g/mol. The Morgan fingerprint density at radius 3 is 2.00 bits per heavy atom. The van der Waals surface area contributed by atoms with Gasteiger partial charge in [0.2, 0.25) is 0 Å². The van der Waals surface area contributed by atoms with Gasteiger partial charge in [-0.3, -0.25) is 0 Å². The maximum absolute atomic E-state index is 12.6. The zero-order valence-corrected chi connectivity index (χ0v) is 27.8. The summed E-state index contributed by atoms with van der Waals surface area (Å²) in [6.45, 7) is 13.7. The van der Waals surface area contributed by atoms with E-state index in [-0.39, 0.29) is 0 Å². The fraction of sp³-hybridized carbons (Fsp3) is 0.581. The summed E-state index contributed by atoms with van der Waals surface area (Å²) < 4.78 is 13.6. The first kappa shape index (κ1) is 31.6. The van der Waals surface area contributed by atoms with Crippen LogP contribution in [0.4, 0.5) is 10.5 Å². The molecule has 1 amide bonds. The molecule has 0 atom stereocenters. The van der Waals surface area contributed by atoms with Gasteiger partial charge in [0.05, 0.1) is 0 Å². The Bertz CT molecular complexity index is 945. The first-order valence-electron chi connectivity index (χ1n) is 14.3. The zero-order valence-electron chi connectivity index (χ0n) is 24.7. The van der Waals surface area contributed by atoms with Gasteiger partial charge in [0.1, 0.15) is 0 Å². The predicted octanol–water partition coefficient (Wildman–Crippen LogP) is 8.98. The van der Waals surface area contributed by atoms with Crippen LogP contribution in [0.5, 0.6) is 0 Å². The summed E-state index contributed by atoms with van der Waals surface area (Å²) in [5, 5.41) is 4.23. The van der Waals surface area contributed by atoms with E-state index in [0.717, 1.165) is 17.9 Å². The second-order valence-electron chi connectivity index (χ2n) is 11.6. The third-order valence-electron chi connectivity index (χ3n) is 8.04. The molecular weight excluding hydrogens is 535 g/mol. The number of amides is 1. The molecule has 0 aliphatic heterocycles. The van der Waals surface area contributed by atoms with Crippen LogP contribution in [0.25, 0.3) is 0 Å². The van der Waals surface area contributed by atoms with Crippen LogP contribution >= 0.6 is 0 Å². The van der Waals surface area contributed by atoms with Crippen molar-refractivity contribution in [3.05, 3.63) is 59.7 Å². The van der Waals surface area contributed by atoms with E-state index in [2.05, 4.69) is 49.7 Å². The molecule has 206 valence electrons. The second-order valence-corrected chi connectivity index (χ2v) is 26.5. The molecule has 2 aromatic carbocycles. The third-order valence-corrected chi connectivity index (χ3v) is 20.1. The van der Waals surface area contributed by atoms with Gasteiger partial charge in [-0.25, -0.2) is 0 Å². The molecule has 1 N–H and O–H groups in total. The summed E-state index contributed by atoms with van der Waals surface area (Å²) in [5.74, 6) is 4.99. The summed E-state index contributed by atoms with van der Waals surface area (Å²) in [6, 6.07) is 20.3. The number of nitrogens with one attached hydrogen (secondary N) is 1. The third kappa shape index (κ3) is 9.92. The Hall–Kier alpha value is -1.57. The fourth-order valence-electron chi connectivity index (χ4n) is 4.91. The molecule has 0 unspecified atom stereocenters. The topological polar surface area (TPSA) is 47.6 Å². The van der Waals surface area contributed by atoms with Gasteiger partial charge in [0.25, 0.3) is 0 Å². The van der Waals surface area contributed by atoms with Crippen molar-refractivity contribution in [3.63, 3.8) is 0 Å². The van der Waals surface area contributed by atoms with Crippen molar-refractivity contribution < 1.29 is 14.0 Å². The number of aryl methyl sites for hydroxylation is 1. The van der Waals surface area contributed by atoms with Crippen molar-refractivity contribution in [1.82, 2.24) is 0 Å². The number of unbranched alkanes of at least 4 members (excludes halogenated alkanes) is 3. The zero-order chi connectivity index (χ0) is 27.5. The van der Waals surface area contributed by atoms with Crippen LogP contribution in [-0.2, 0) is 14.8 Å². The number of carbonyl (C=O) groups is 1. The SMILES string of the molecule is CC[Si](CC)(CC)OCCCCC[CH2][Ge]([CH3])([CH3])[c]1ccc(NC(=O)OC(C)(C)c2ccc(C)cc2)cc1. The second kappa shape index (κ2) is 14.5. The standard InChI is InChI=1S/C31H51GeNO3Si/c1-9-37(10-2,11-3)35-25-15-13-12-14-24-32(7,8)28-20-22-29(23-21-28)33-30(34)36-31(5,6)27-18-16-26(4)17-19-27/h16-23H,9-15,24-25H2,1-8H3,(H,33,34). The van der Waals surface area contributed by atoms with Crippen LogP contribution < -0.4 is 9.71 Å². The van der Waals surface area contributed by atoms with Gasteiger partial charge in [-0.1, -0.05) is 0 Å². The van der Waals surface area contributed by atoms with Crippen LogP contribution in [0.1, 0.15) is 71.4 Å². The van der Waals surface area contributed by atoms with Gasteiger partial charge in [-0.2, -0.15) is 0 Å². The number of hydrogen-bond acceptors (Lipinski definition) is 3. The molecule has 0 radical (unpaired) electrons. The minimum absolute atomic E-state index is 0.431. The number of ether oxygens (including phenoxy) is 1. The summed E-state index contributed by atoms with van der Waals surface area (Å²) in [4.78, 5) is 12.6. The molecule has 0 heterocycles. The van der Waals surface area contributed by atoms with Gasteiger partial charge < -0.3 is 0 Å². The first-order chi connectivity index (χ1) is 17.5. The van der Waals surface area contributed by atoms with Gasteiger partial charge in [-0.15, -0.1) is 0 Å². The number of benzene rings is 2. The molecule has 0 fully saturated rings. The van der Waals surface area contributed by atoms with Gasteiger partial charge >= 0.3 is 224 Å². The van der Waals surface area contributed by atoms with E-state index in [9.17, 15) is 4.79 Å². The summed E-state index contributed by atoms with van der Waals surface area (Å²) in [6.07, 6.45) is 4.62. The molecule has 0 aliphatic carbocycles. The predicted molar refractivity (Wildman–Crippen MR) is 164 cm³/mol. The van der Waals surface area contributed by atoms with Gasteiger partial charge in [0.15, 0.2) is 0 Å². The van der Waals surface area contributed by atoms with E-state index in [4.69, 9.17) is 9.16 Å². The van der Waals surface area contributed by atoms with E-state index in [1.165, 1.54) is 59.0 Å². The van der Waals surface area contributed by atoms with Crippen LogP contribution in [0.2, 0.25) is 34.9 Å². The van der Waals surface area contributed by atoms with Crippen molar-refractivity contribution in [2.45, 2.75) is 108 Å². The Kier molecular flexibility index (Phi) is 12.4. The first-order valence-corrected chi connectivity index (χ1v) is 23.5. The van der Waals surface area contributed by atoms with Crippen molar-refractivity contribution in [1.29, 1.82) is 0 Å². The number of carbonyl (C=O) groups excluding carboxylic acids is 1. The molecule has 37 heavy (non-hydrogen) atoms. The van der Waals surface area contributed by atoms with Crippen LogP contribution in [0.3, 0.4) is 0 Å². The van der Waals surface area contributed by atoms with Crippen LogP contribution in [-0.4, -0.2) is 34.3 Å². The Balaban J connectivity index is 1.77. The molecule has 0 saturated heterocycles. The number of hydrogen-bond donors (Lipinski definition) is 1. The van der Waals surface area contributed by atoms with E-state index < -0.39 is 33.3 Å². The molecule has 0 aromatic heterocycles. The van der Waals surface area contributed by atoms with Crippen molar-refractivity contribution in [2.75, 3.05) is 11.9 Å². The molecule has 6 heteroatoms. The van der Waals surface area contributed by atoms with Crippen LogP contribution in [0, 0.1) is 6.92 Å². The Morgan fingerprint density at radius 2 is 1.43 bits per heavy atom. The minimum atomic E-state index is -2.08. The number of anilines is 1. The summed E-state index contributed by atoms with van der Waals surface area (Å²) >= 11 is -2.08. The number of rotatable bonds is 15. The van der Waals surface area contributed by atoms with Crippen molar-refractivity contribution >= 4 is 37.8 Å². The van der Waals surface area contributed by atoms with E-state index in [0.29, 0.717) is 0 Å². The molecule has 0 aliphatic rings. The normalized spacial score (nSPS) is 12.4. The average molecular weight is 586 g/mol. The van der Waals surface area contributed by atoms with Gasteiger partial charge in [0, 0.05) is 0 Å². The molecule has 2 rings (SSSR count). The van der Waals surface area contributed by atoms with Gasteiger partial charge in [-0.05, 0) is 6.92 Å². The van der Waals surface area contributed by atoms with E-state index in [1.807, 2.05) is 57.2 Å². The maximum atomic E-state index is 12.6. The van der Waals surface area contributed by atoms with E-state index >= 15 is 0 Å². The molecule has 4 nitrogen and oxygen atoms in total. The Morgan fingerprint density at radius 1 is 0.865 bits per heavy atom. The quantitative estimate of drug-likeness (QED) is 0.167. The molecular formula is C31H51GeNO3Si. The molecule has 0 saturated carbocycles. The fourth-order valence-corrected chi connectivity index (χ4v) is 12.8. The summed E-state index contributed by atoms with van der Waals surface area (Å²) in [5.41, 5.74) is 2.24. The molecule has 0 spiro atoms. The van der Waals surface area contributed by atoms with E-state index in [1.54, 1.807) is 0 Å².